The Morgan fingerprint density at radius 1 is 1.24 bits per heavy atom. The molecule has 9 heteroatoms. The van der Waals surface area contributed by atoms with Crippen LogP contribution in [-0.4, -0.2) is 34.2 Å². The zero-order valence-electron chi connectivity index (χ0n) is 16.2. The number of ether oxygens (including phenoxy) is 1. The quantitative estimate of drug-likeness (QED) is 0.579. The van der Waals surface area contributed by atoms with Gasteiger partial charge in [-0.3, -0.25) is 4.72 Å². The molecule has 1 amide bonds. The van der Waals surface area contributed by atoms with Crippen molar-refractivity contribution in [1.29, 1.82) is 0 Å². The molecule has 154 valence electrons. The van der Waals surface area contributed by atoms with Gasteiger partial charge < -0.3 is 19.8 Å². The fourth-order valence-electron chi connectivity index (χ4n) is 2.96. The van der Waals surface area contributed by atoms with Crippen LogP contribution >= 0.6 is 0 Å². The topological polar surface area (TPSA) is 115 Å². The van der Waals surface area contributed by atoms with E-state index in [2.05, 4.69) is 4.72 Å². The Kier molecular flexibility index (Phi) is 5.97. The van der Waals surface area contributed by atoms with E-state index < -0.39 is 16.1 Å². The summed E-state index contributed by atoms with van der Waals surface area (Å²) in [6.07, 6.45) is 1.28. The van der Waals surface area contributed by atoms with Crippen LogP contribution < -0.4 is 15.4 Å². The van der Waals surface area contributed by atoms with Gasteiger partial charge in [-0.15, -0.1) is 0 Å². The first-order valence-corrected chi connectivity index (χ1v) is 10.5. The van der Waals surface area contributed by atoms with Crippen LogP contribution in [-0.2, 0) is 14.8 Å². The summed E-state index contributed by atoms with van der Waals surface area (Å²) >= 11 is 0. The van der Waals surface area contributed by atoms with Crippen molar-refractivity contribution in [2.24, 2.45) is 5.73 Å². The second-order valence-corrected chi connectivity index (χ2v) is 8.35. The molecule has 3 aromatic rings. The number of sulfonamides is 1. The number of furan rings is 1. The standard InChI is InChI=1S/C20H23N3O5S/c1-14(8-10-28-20(21)24)23(2)18-13-16(12-15-9-11-27-19(15)18)22-29(25,26)17-6-4-3-5-7-17/h3-7,9,11-14,22H,8,10H2,1-2H3,(H2,21,24). The summed E-state index contributed by atoms with van der Waals surface area (Å²) in [7, 11) is -1.86. The summed E-state index contributed by atoms with van der Waals surface area (Å²) in [6, 6.07) is 13.4. The molecule has 0 aliphatic carbocycles. The number of carbonyl (C=O) groups is 1. The maximum absolute atomic E-state index is 12.7. The molecule has 29 heavy (non-hydrogen) atoms. The molecule has 0 bridgehead atoms. The molecule has 0 saturated carbocycles. The predicted octanol–water partition coefficient (Wildman–Crippen LogP) is 3.54. The van der Waals surface area contributed by atoms with Gasteiger partial charge in [0.15, 0.2) is 5.58 Å². The van der Waals surface area contributed by atoms with Gasteiger partial charge >= 0.3 is 6.09 Å². The monoisotopic (exact) mass is 417 g/mol. The van der Waals surface area contributed by atoms with Crippen LogP contribution in [0.15, 0.2) is 64.1 Å². The van der Waals surface area contributed by atoms with Crippen LogP contribution in [0.5, 0.6) is 0 Å². The fraction of sp³-hybridized carbons (Fsp3) is 0.250. The summed E-state index contributed by atoms with van der Waals surface area (Å²) in [4.78, 5) is 12.9. The highest BCUT2D eigenvalue weighted by atomic mass is 32.2. The summed E-state index contributed by atoms with van der Waals surface area (Å²) in [5.41, 5.74) is 6.77. The van der Waals surface area contributed by atoms with Crippen molar-refractivity contribution in [3.8, 4) is 0 Å². The van der Waals surface area contributed by atoms with Crippen molar-refractivity contribution < 1.29 is 22.4 Å². The third kappa shape index (κ3) is 4.80. The number of nitrogens with two attached hydrogens (primary N) is 1. The van der Waals surface area contributed by atoms with Crippen LogP contribution in [0.4, 0.5) is 16.2 Å². The third-order valence-electron chi connectivity index (χ3n) is 4.66. The van der Waals surface area contributed by atoms with Gasteiger partial charge in [0.2, 0.25) is 0 Å². The van der Waals surface area contributed by atoms with E-state index >= 15 is 0 Å². The number of carbonyl (C=O) groups excluding carboxylic acids is 1. The van der Waals surface area contributed by atoms with E-state index in [9.17, 15) is 13.2 Å². The van der Waals surface area contributed by atoms with E-state index in [1.165, 1.54) is 12.1 Å². The first kappa shape index (κ1) is 20.5. The highest BCUT2D eigenvalue weighted by Gasteiger charge is 2.19. The van der Waals surface area contributed by atoms with Crippen LogP contribution in [0, 0.1) is 0 Å². The highest BCUT2D eigenvalue weighted by Crippen LogP contribution is 2.33. The van der Waals surface area contributed by atoms with Gasteiger partial charge in [-0.05, 0) is 37.3 Å². The molecular formula is C20H23N3O5S. The molecule has 0 aliphatic heterocycles. The Morgan fingerprint density at radius 2 is 1.97 bits per heavy atom. The molecule has 2 aromatic carbocycles. The van der Waals surface area contributed by atoms with Crippen LogP contribution in [0.1, 0.15) is 13.3 Å². The van der Waals surface area contributed by atoms with Gasteiger partial charge in [-0.25, -0.2) is 13.2 Å². The average molecular weight is 417 g/mol. The lowest BCUT2D eigenvalue weighted by Gasteiger charge is -2.27. The Bertz CT molecular complexity index is 1100. The van der Waals surface area contributed by atoms with Crippen LogP contribution in [0.3, 0.4) is 0 Å². The van der Waals surface area contributed by atoms with Crippen LogP contribution in [0.2, 0.25) is 0 Å². The minimum Gasteiger partial charge on any atom is -0.462 e. The maximum Gasteiger partial charge on any atom is 0.404 e. The van der Waals surface area contributed by atoms with Gasteiger partial charge in [-0.2, -0.15) is 0 Å². The highest BCUT2D eigenvalue weighted by molar-refractivity contribution is 7.92. The first-order chi connectivity index (χ1) is 13.8. The molecule has 0 radical (unpaired) electrons. The molecule has 3 N–H and O–H groups in total. The number of nitrogens with zero attached hydrogens (tertiary/aromatic N) is 1. The normalized spacial score (nSPS) is 12.5. The molecule has 0 spiro atoms. The molecule has 0 saturated heterocycles. The molecule has 0 aliphatic rings. The fourth-order valence-corrected chi connectivity index (χ4v) is 4.02. The Morgan fingerprint density at radius 3 is 2.66 bits per heavy atom. The number of nitrogens with one attached hydrogen (secondary N) is 1. The second-order valence-electron chi connectivity index (χ2n) is 6.67. The summed E-state index contributed by atoms with van der Waals surface area (Å²) < 4.78 is 38.4. The van der Waals surface area contributed by atoms with Gasteiger partial charge in [-0.1, -0.05) is 18.2 Å². The van der Waals surface area contributed by atoms with Gasteiger partial charge in [0.05, 0.1) is 29.1 Å². The number of amides is 1. The zero-order chi connectivity index (χ0) is 21.0. The zero-order valence-corrected chi connectivity index (χ0v) is 17.0. The van der Waals surface area contributed by atoms with E-state index in [1.54, 1.807) is 42.7 Å². The Hall–Kier alpha value is -3.20. The largest absolute Gasteiger partial charge is 0.462 e. The van der Waals surface area contributed by atoms with Gasteiger partial charge in [0, 0.05) is 24.9 Å². The SMILES string of the molecule is CC(CCOC(N)=O)N(C)c1cc(NS(=O)(=O)c2ccccc2)cc2ccoc12. The molecule has 1 heterocycles. The molecule has 0 fully saturated rings. The number of benzene rings is 2. The molecule has 1 atom stereocenters. The summed E-state index contributed by atoms with van der Waals surface area (Å²) in [5, 5.41) is 0.765. The third-order valence-corrected chi connectivity index (χ3v) is 6.06. The van der Waals surface area contributed by atoms with Crippen molar-refractivity contribution in [3.63, 3.8) is 0 Å². The average Bonchev–Trinajstić information content (AvgIpc) is 3.15. The minimum absolute atomic E-state index is 0.0244. The molecule has 8 nitrogen and oxygen atoms in total. The van der Waals surface area contributed by atoms with Gasteiger partial charge in [0.1, 0.15) is 0 Å². The van der Waals surface area contributed by atoms with Crippen molar-refractivity contribution in [1.82, 2.24) is 0 Å². The molecular weight excluding hydrogens is 394 g/mol. The number of anilines is 2. The Labute approximate surface area is 169 Å². The Balaban J connectivity index is 1.89. The number of hydrogen-bond acceptors (Lipinski definition) is 6. The molecule has 3 rings (SSSR count). The van der Waals surface area contributed by atoms with Crippen molar-refractivity contribution in [3.05, 3.63) is 54.8 Å². The van der Waals surface area contributed by atoms with E-state index in [0.29, 0.717) is 23.4 Å². The van der Waals surface area contributed by atoms with Crippen LogP contribution in [0.25, 0.3) is 11.0 Å². The summed E-state index contributed by atoms with van der Waals surface area (Å²) in [5.74, 6) is 0. The van der Waals surface area contributed by atoms with E-state index in [0.717, 1.165) is 5.39 Å². The second kappa shape index (κ2) is 8.44. The first-order valence-electron chi connectivity index (χ1n) is 9.02. The minimum atomic E-state index is -3.72. The predicted molar refractivity (Wildman–Crippen MR) is 111 cm³/mol. The number of hydrogen-bond donors (Lipinski definition) is 2. The molecule has 1 aromatic heterocycles. The number of primary amides is 1. The van der Waals surface area contributed by atoms with Crippen molar-refractivity contribution in [2.45, 2.75) is 24.3 Å². The maximum atomic E-state index is 12.7. The van der Waals surface area contributed by atoms with E-state index in [4.69, 9.17) is 14.9 Å². The van der Waals surface area contributed by atoms with Gasteiger partial charge in [0.25, 0.3) is 10.0 Å². The lowest BCUT2D eigenvalue weighted by molar-refractivity contribution is 0.153. The number of rotatable bonds is 8. The van der Waals surface area contributed by atoms with Crippen molar-refractivity contribution >= 4 is 38.5 Å². The van der Waals surface area contributed by atoms with E-state index in [-0.39, 0.29) is 17.5 Å². The molecule has 1 unspecified atom stereocenters. The van der Waals surface area contributed by atoms with E-state index in [1.807, 2.05) is 18.9 Å². The number of fused-ring (bicyclic) bond motifs is 1. The smallest absolute Gasteiger partial charge is 0.404 e. The van der Waals surface area contributed by atoms with Crippen molar-refractivity contribution in [2.75, 3.05) is 23.3 Å². The lowest BCUT2D eigenvalue weighted by atomic mass is 10.1. The summed E-state index contributed by atoms with van der Waals surface area (Å²) in [6.45, 7) is 2.14. The lowest BCUT2D eigenvalue weighted by Crippen LogP contribution is -2.31.